The van der Waals surface area contributed by atoms with Crippen LogP contribution in [0, 0.1) is 0 Å². The molecule has 7 nitrogen and oxygen atoms in total. The smallest absolute Gasteiger partial charge is 0.337 e. The van der Waals surface area contributed by atoms with Crippen LogP contribution in [-0.4, -0.2) is 66.4 Å². The number of methoxy groups -OCH3 is 1. The van der Waals surface area contributed by atoms with Gasteiger partial charge in [-0.15, -0.1) is 0 Å². The number of thiocarbonyl (C=S) groups is 1. The van der Waals surface area contributed by atoms with Gasteiger partial charge in [0.05, 0.1) is 19.8 Å². The fourth-order valence-electron chi connectivity index (χ4n) is 1.51. The second-order valence-corrected chi connectivity index (χ2v) is 4.00. The topological polar surface area (TPSA) is 100 Å². The van der Waals surface area contributed by atoms with Crippen LogP contribution in [0.1, 0.15) is 0 Å². The molecule has 4 N–H and O–H groups in total. The number of aliphatic hydroxyl groups excluding tert-OH is 2. The number of carbonyl (C=O) groups is 1. The summed E-state index contributed by atoms with van der Waals surface area (Å²) in [5, 5.41) is 25.3. The number of rotatable bonds is 2. The summed E-state index contributed by atoms with van der Waals surface area (Å²) in [6, 6.07) is -0.578. The quantitative estimate of drug-likeness (QED) is 0.328. The average molecular weight is 264 g/mol. The summed E-state index contributed by atoms with van der Waals surface area (Å²) < 4.78 is 9.59. The molecule has 0 saturated carbocycles. The molecule has 0 aliphatic carbocycles. The number of ether oxygens (including phenoxy) is 2. The van der Waals surface area contributed by atoms with E-state index in [0.717, 1.165) is 0 Å². The Morgan fingerprint density at radius 3 is 2.65 bits per heavy atom. The van der Waals surface area contributed by atoms with Crippen LogP contribution in [-0.2, 0) is 14.3 Å². The molecule has 1 aliphatic rings. The van der Waals surface area contributed by atoms with Crippen LogP contribution in [0.25, 0.3) is 0 Å². The number of esters is 1. The Kier molecular flexibility index (Phi) is 5.06. The van der Waals surface area contributed by atoms with Gasteiger partial charge in [-0.25, -0.2) is 4.79 Å². The van der Waals surface area contributed by atoms with Crippen molar-refractivity contribution in [1.82, 2.24) is 10.6 Å². The van der Waals surface area contributed by atoms with Gasteiger partial charge in [-0.05, 0) is 12.2 Å². The fourth-order valence-corrected chi connectivity index (χ4v) is 1.66. The highest BCUT2D eigenvalue weighted by atomic mass is 32.1. The van der Waals surface area contributed by atoms with E-state index in [-0.39, 0.29) is 6.61 Å². The van der Waals surface area contributed by atoms with Gasteiger partial charge in [0.15, 0.2) is 11.2 Å². The first-order valence-electron chi connectivity index (χ1n) is 5.05. The van der Waals surface area contributed by atoms with Gasteiger partial charge in [0.25, 0.3) is 0 Å². The molecule has 0 amide bonds. The van der Waals surface area contributed by atoms with Crippen molar-refractivity contribution in [2.75, 3.05) is 20.8 Å². The van der Waals surface area contributed by atoms with E-state index in [9.17, 15) is 15.0 Å². The van der Waals surface area contributed by atoms with E-state index in [4.69, 9.17) is 17.0 Å². The van der Waals surface area contributed by atoms with E-state index in [1.807, 2.05) is 0 Å². The van der Waals surface area contributed by atoms with Gasteiger partial charge in [0, 0.05) is 7.05 Å². The maximum absolute atomic E-state index is 11.2. The molecule has 1 fully saturated rings. The number of aliphatic hydroxyl groups is 2. The zero-order valence-corrected chi connectivity index (χ0v) is 10.4. The Balaban J connectivity index is 2.62. The van der Waals surface area contributed by atoms with Gasteiger partial charge in [0.1, 0.15) is 12.2 Å². The molecular weight excluding hydrogens is 248 g/mol. The van der Waals surface area contributed by atoms with E-state index >= 15 is 0 Å². The molecule has 0 aromatic heterocycles. The average Bonchev–Trinajstić information content (AvgIpc) is 2.34. The molecule has 4 unspecified atom stereocenters. The summed E-state index contributed by atoms with van der Waals surface area (Å²) in [4.78, 5) is 11.2. The molecule has 1 aliphatic heterocycles. The molecule has 1 rings (SSSR count). The van der Waals surface area contributed by atoms with Gasteiger partial charge < -0.3 is 30.3 Å². The monoisotopic (exact) mass is 264 g/mol. The van der Waals surface area contributed by atoms with Crippen LogP contribution >= 0.6 is 12.2 Å². The third-order valence-corrected chi connectivity index (χ3v) is 2.83. The predicted molar refractivity (Wildman–Crippen MR) is 62.4 cm³/mol. The molecule has 17 heavy (non-hydrogen) atoms. The summed E-state index contributed by atoms with van der Waals surface area (Å²) in [5.41, 5.74) is 0. The third kappa shape index (κ3) is 3.25. The Morgan fingerprint density at radius 1 is 1.47 bits per heavy atom. The number of nitrogens with one attached hydrogen (secondary N) is 2. The van der Waals surface area contributed by atoms with Gasteiger partial charge in [-0.1, -0.05) is 0 Å². The first-order chi connectivity index (χ1) is 8.01. The van der Waals surface area contributed by atoms with Crippen LogP contribution in [0.5, 0.6) is 0 Å². The Hall–Kier alpha value is -0.960. The highest BCUT2D eigenvalue weighted by Crippen LogP contribution is 2.16. The minimum Gasteiger partial charge on any atom is -0.467 e. The minimum atomic E-state index is -1.35. The van der Waals surface area contributed by atoms with Crippen molar-refractivity contribution in [2.24, 2.45) is 0 Å². The van der Waals surface area contributed by atoms with E-state index in [0.29, 0.717) is 5.11 Å². The van der Waals surface area contributed by atoms with Gasteiger partial charge in [-0.2, -0.15) is 0 Å². The van der Waals surface area contributed by atoms with Crippen molar-refractivity contribution in [3.8, 4) is 0 Å². The Labute approximate surface area is 104 Å². The lowest BCUT2D eigenvalue weighted by atomic mass is 9.98. The molecule has 8 heteroatoms. The zero-order valence-electron chi connectivity index (χ0n) is 9.54. The Morgan fingerprint density at radius 2 is 2.12 bits per heavy atom. The van der Waals surface area contributed by atoms with E-state index in [2.05, 4.69) is 15.4 Å². The summed E-state index contributed by atoms with van der Waals surface area (Å²) in [5.74, 6) is -0.716. The van der Waals surface area contributed by atoms with E-state index in [1.165, 1.54) is 7.11 Å². The summed E-state index contributed by atoms with van der Waals surface area (Å²) in [7, 11) is 2.81. The van der Waals surface area contributed by atoms with Crippen molar-refractivity contribution < 1.29 is 24.5 Å². The Bertz CT molecular complexity index is 299. The first kappa shape index (κ1) is 14.1. The highest BCUT2D eigenvalue weighted by molar-refractivity contribution is 7.80. The lowest BCUT2D eigenvalue weighted by Crippen LogP contribution is -2.61. The maximum atomic E-state index is 11.2. The molecule has 0 spiro atoms. The van der Waals surface area contributed by atoms with Crippen LogP contribution in [0.2, 0.25) is 0 Å². The normalized spacial score (nSPS) is 32.7. The number of hydrogen-bond donors (Lipinski definition) is 4. The lowest BCUT2D eigenvalue weighted by molar-refractivity contribution is -0.185. The van der Waals surface area contributed by atoms with Crippen molar-refractivity contribution in [3.63, 3.8) is 0 Å². The summed E-state index contributed by atoms with van der Waals surface area (Å²) in [6.07, 6.45) is -3.69. The molecule has 1 saturated heterocycles. The van der Waals surface area contributed by atoms with Crippen LogP contribution in [0.3, 0.4) is 0 Å². The highest BCUT2D eigenvalue weighted by Gasteiger charge is 2.42. The lowest BCUT2D eigenvalue weighted by Gasteiger charge is -2.36. The fraction of sp³-hybridized carbons (Fsp3) is 0.778. The second-order valence-electron chi connectivity index (χ2n) is 3.59. The van der Waals surface area contributed by atoms with Gasteiger partial charge in [-0.3, -0.25) is 0 Å². The standard InChI is InChI=1S/C9H16N2O5S/c1-10-9(17)11-4-3-16-7(8(14)15-2)6(13)5(4)12/h4-7,12-13H,3H2,1-2H3,(H2,10,11,17). The van der Waals surface area contributed by atoms with Crippen LogP contribution in [0.4, 0.5) is 0 Å². The molecule has 98 valence electrons. The van der Waals surface area contributed by atoms with E-state index in [1.54, 1.807) is 7.05 Å². The molecule has 0 aromatic rings. The third-order valence-electron chi connectivity index (χ3n) is 2.50. The van der Waals surface area contributed by atoms with Crippen molar-refractivity contribution in [3.05, 3.63) is 0 Å². The largest absolute Gasteiger partial charge is 0.467 e. The van der Waals surface area contributed by atoms with Crippen LogP contribution in [0.15, 0.2) is 0 Å². The van der Waals surface area contributed by atoms with Crippen molar-refractivity contribution >= 4 is 23.3 Å². The summed E-state index contributed by atoms with van der Waals surface area (Å²) in [6.45, 7) is 0.0415. The second kappa shape index (κ2) is 6.10. The van der Waals surface area contributed by atoms with Crippen LogP contribution < -0.4 is 10.6 Å². The number of hydrogen-bond acceptors (Lipinski definition) is 6. The molecule has 1 heterocycles. The first-order valence-corrected chi connectivity index (χ1v) is 5.46. The van der Waals surface area contributed by atoms with Crippen molar-refractivity contribution in [1.29, 1.82) is 0 Å². The summed E-state index contributed by atoms with van der Waals surface area (Å²) >= 11 is 4.87. The van der Waals surface area contributed by atoms with Crippen molar-refractivity contribution in [2.45, 2.75) is 24.4 Å². The molecule has 4 atom stereocenters. The SMILES string of the molecule is CNC(=S)NC1COC(C(=O)OC)C(O)C1O. The maximum Gasteiger partial charge on any atom is 0.337 e. The number of carbonyl (C=O) groups excluding carboxylic acids is 1. The predicted octanol–water partition coefficient (Wildman–Crippen LogP) is -2.26. The molecule has 0 bridgehead atoms. The van der Waals surface area contributed by atoms with E-state index < -0.39 is 30.3 Å². The molecule has 0 aromatic carbocycles. The zero-order chi connectivity index (χ0) is 13.0. The molecule has 0 radical (unpaired) electrons. The minimum absolute atomic E-state index is 0.0415. The molecular formula is C9H16N2O5S. The van der Waals surface area contributed by atoms with Gasteiger partial charge in [0.2, 0.25) is 0 Å². The van der Waals surface area contributed by atoms with Gasteiger partial charge >= 0.3 is 5.97 Å².